The average Bonchev–Trinajstić information content (AvgIpc) is 2.53. The lowest BCUT2D eigenvalue weighted by Gasteiger charge is -2.39. The molecule has 140 valence electrons. The molecule has 1 atom stereocenters. The third-order valence-electron chi connectivity index (χ3n) is 3.90. The van der Waals surface area contributed by atoms with Crippen LogP contribution in [0.5, 0.6) is 0 Å². The van der Waals surface area contributed by atoms with Crippen LogP contribution in [0.3, 0.4) is 0 Å². The number of nitrogens with zero attached hydrogens (tertiary/aromatic N) is 2. The molecular weight excluding hydrogens is 408 g/mol. The molecule has 1 amide bonds. The van der Waals surface area contributed by atoms with E-state index in [1.54, 1.807) is 36.1 Å². The molecule has 0 aliphatic carbocycles. The van der Waals surface area contributed by atoms with Gasteiger partial charge in [0.05, 0.1) is 4.90 Å². The monoisotopic (exact) mass is 432 g/mol. The first kappa shape index (κ1) is 20.2. The van der Waals surface area contributed by atoms with E-state index in [1.165, 1.54) is 4.31 Å². The van der Waals surface area contributed by atoms with Gasteiger partial charge in [-0.2, -0.15) is 4.31 Å². The fraction of sp³-hybridized carbons (Fsp3) is 0.588. The van der Waals surface area contributed by atoms with Crippen LogP contribution in [0.2, 0.25) is 0 Å². The fourth-order valence-corrected chi connectivity index (χ4v) is 4.66. The second kappa shape index (κ2) is 7.63. The first-order valence-electron chi connectivity index (χ1n) is 8.19. The van der Waals surface area contributed by atoms with Gasteiger partial charge in [0.25, 0.3) is 0 Å². The second-order valence-corrected chi connectivity index (χ2v) is 9.62. The summed E-state index contributed by atoms with van der Waals surface area (Å²) in [4.78, 5) is 14.0. The van der Waals surface area contributed by atoms with Crippen molar-refractivity contribution in [3.8, 4) is 0 Å². The van der Waals surface area contributed by atoms with E-state index in [0.717, 1.165) is 5.56 Å². The zero-order valence-corrected chi connectivity index (χ0v) is 17.4. The Bertz CT molecular complexity index is 713. The maximum Gasteiger partial charge on any atom is 0.410 e. The van der Waals surface area contributed by atoms with Crippen molar-refractivity contribution in [1.82, 2.24) is 9.21 Å². The molecule has 0 aromatic heterocycles. The Balaban J connectivity index is 2.10. The number of carbonyl (C=O) groups is 1. The summed E-state index contributed by atoms with van der Waals surface area (Å²) in [5.74, 6) is 0. The fourth-order valence-electron chi connectivity index (χ4n) is 2.68. The summed E-state index contributed by atoms with van der Waals surface area (Å²) >= 11 is 3.35. The number of piperazine rings is 1. The van der Waals surface area contributed by atoms with Crippen LogP contribution < -0.4 is 0 Å². The topological polar surface area (TPSA) is 66.9 Å². The lowest BCUT2D eigenvalue weighted by molar-refractivity contribution is 0.0143. The zero-order valence-electron chi connectivity index (χ0n) is 15.0. The maximum atomic E-state index is 12.9. The van der Waals surface area contributed by atoms with Gasteiger partial charge >= 0.3 is 6.09 Å². The Morgan fingerprint density at radius 3 is 2.32 bits per heavy atom. The summed E-state index contributed by atoms with van der Waals surface area (Å²) in [7, 11) is -3.58. The highest BCUT2D eigenvalue weighted by molar-refractivity contribution is 9.08. The number of amides is 1. The normalized spacial score (nSPS) is 19.7. The first-order valence-corrected chi connectivity index (χ1v) is 10.8. The number of hydrogen-bond acceptors (Lipinski definition) is 4. The van der Waals surface area contributed by atoms with Crippen molar-refractivity contribution < 1.29 is 17.9 Å². The van der Waals surface area contributed by atoms with E-state index in [9.17, 15) is 13.2 Å². The quantitative estimate of drug-likeness (QED) is 0.687. The molecule has 2 rings (SSSR count). The molecule has 0 saturated carbocycles. The SMILES string of the molecule is C[C@H]1CN(C(=O)OC(C)(C)C)CCN1S(=O)(=O)c1ccc(CBr)cc1. The summed E-state index contributed by atoms with van der Waals surface area (Å²) < 4.78 is 32.6. The van der Waals surface area contributed by atoms with E-state index in [1.807, 2.05) is 20.8 Å². The largest absolute Gasteiger partial charge is 0.444 e. The molecule has 1 aromatic rings. The van der Waals surface area contributed by atoms with Gasteiger partial charge in [-0.1, -0.05) is 28.1 Å². The number of hydrogen-bond donors (Lipinski definition) is 0. The van der Waals surface area contributed by atoms with Crippen molar-refractivity contribution in [3.05, 3.63) is 29.8 Å². The molecular formula is C17H25BrN2O4S. The van der Waals surface area contributed by atoms with Gasteiger partial charge in [-0.05, 0) is 45.4 Å². The van der Waals surface area contributed by atoms with Crippen LogP contribution in [0.25, 0.3) is 0 Å². The predicted molar refractivity (Wildman–Crippen MR) is 100 cm³/mol. The minimum absolute atomic E-state index is 0.253. The molecule has 1 heterocycles. The molecule has 1 saturated heterocycles. The maximum absolute atomic E-state index is 12.9. The van der Waals surface area contributed by atoms with Gasteiger partial charge in [-0.3, -0.25) is 0 Å². The van der Waals surface area contributed by atoms with Crippen LogP contribution in [-0.2, 0) is 20.1 Å². The number of benzene rings is 1. The van der Waals surface area contributed by atoms with Gasteiger partial charge in [0, 0.05) is 31.0 Å². The highest BCUT2D eigenvalue weighted by atomic mass is 79.9. The van der Waals surface area contributed by atoms with Gasteiger partial charge < -0.3 is 9.64 Å². The van der Waals surface area contributed by atoms with Gasteiger partial charge in [-0.25, -0.2) is 13.2 Å². The Hall–Kier alpha value is -1.12. The van der Waals surface area contributed by atoms with Gasteiger partial charge in [-0.15, -0.1) is 0 Å². The minimum atomic E-state index is -3.58. The third-order valence-corrected chi connectivity index (χ3v) is 6.58. The number of halogens is 1. The van der Waals surface area contributed by atoms with Crippen LogP contribution in [-0.4, -0.2) is 55.0 Å². The molecule has 1 fully saturated rings. The summed E-state index contributed by atoms with van der Waals surface area (Å²) in [6, 6.07) is 6.52. The Morgan fingerprint density at radius 1 is 1.24 bits per heavy atom. The van der Waals surface area contributed by atoms with Crippen molar-refractivity contribution in [2.45, 2.75) is 49.6 Å². The average molecular weight is 433 g/mol. The summed E-state index contributed by atoms with van der Waals surface area (Å²) in [6.07, 6.45) is -0.405. The van der Waals surface area contributed by atoms with Crippen molar-refractivity contribution in [2.24, 2.45) is 0 Å². The lowest BCUT2D eigenvalue weighted by atomic mass is 10.2. The van der Waals surface area contributed by atoms with E-state index in [4.69, 9.17) is 4.74 Å². The van der Waals surface area contributed by atoms with E-state index >= 15 is 0 Å². The molecule has 0 radical (unpaired) electrons. The lowest BCUT2D eigenvalue weighted by Crippen LogP contribution is -2.55. The van der Waals surface area contributed by atoms with Crippen molar-refractivity contribution >= 4 is 32.0 Å². The predicted octanol–water partition coefficient (Wildman–Crippen LogP) is 3.21. The molecule has 0 unspecified atom stereocenters. The Morgan fingerprint density at radius 2 is 1.84 bits per heavy atom. The molecule has 0 N–H and O–H groups in total. The van der Waals surface area contributed by atoms with E-state index in [-0.39, 0.29) is 17.5 Å². The minimum Gasteiger partial charge on any atom is -0.444 e. The number of rotatable bonds is 3. The summed E-state index contributed by atoms with van der Waals surface area (Å²) in [6.45, 7) is 8.12. The molecule has 0 bridgehead atoms. The van der Waals surface area contributed by atoms with Gasteiger partial charge in [0.2, 0.25) is 10.0 Å². The number of alkyl halides is 1. The van der Waals surface area contributed by atoms with Gasteiger partial charge in [0.15, 0.2) is 0 Å². The second-order valence-electron chi connectivity index (χ2n) is 7.17. The van der Waals surface area contributed by atoms with Gasteiger partial charge in [0.1, 0.15) is 5.60 Å². The van der Waals surface area contributed by atoms with Crippen LogP contribution in [0.1, 0.15) is 33.3 Å². The smallest absolute Gasteiger partial charge is 0.410 e. The standard InChI is InChI=1S/C17H25BrN2O4S/c1-13-12-19(16(21)24-17(2,3)4)9-10-20(13)25(22,23)15-7-5-14(11-18)6-8-15/h5-8,13H,9-12H2,1-4H3/t13-/m0/s1. The van der Waals surface area contributed by atoms with E-state index in [0.29, 0.717) is 18.4 Å². The molecule has 1 aliphatic heterocycles. The van der Waals surface area contributed by atoms with E-state index in [2.05, 4.69) is 15.9 Å². The Kier molecular flexibility index (Phi) is 6.17. The highest BCUT2D eigenvalue weighted by Crippen LogP contribution is 2.23. The molecule has 8 heteroatoms. The van der Waals surface area contributed by atoms with Crippen molar-refractivity contribution in [3.63, 3.8) is 0 Å². The van der Waals surface area contributed by atoms with Crippen LogP contribution in [0.4, 0.5) is 4.79 Å². The molecule has 6 nitrogen and oxygen atoms in total. The van der Waals surface area contributed by atoms with Crippen molar-refractivity contribution in [1.29, 1.82) is 0 Å². The molecule has 0 spiro atoms. The zero-order chi connectivity index (χ0) is 18.8. The van der Waals surface area contributed by atoms with Crippen LogP contribution >= 0.6 is 15.9 Å². The summed E-state index contributed by atoms with van der Waals surface area (Å²) in [5.41, 5.74) is 0.447. The number of sulfonamides is 1. The summed E-state index contributed by atoms with van der Waals surface area (Å²) in [5, 5.41) is 0.679. The molecule has 1 aromatic carbocycles. The van der Waals surface area contributed by atoms with Crippen LogP contribution in [0.15, 0.2) is 29.2 Å². The molecule has 25 heavy (non-hydrogen) atoms. The number of ether oxygens (including phenoxy) is 1. The van der Waals surface area contributed by atoms with Crippen molar-refractivity contribution in [2.75, 3.05) is 19.6 Å². The Labute approximate surface area is 158 Å². The van der Waals surface area contributed by atoms with E-state index < -0.39 is 21.7 Å². The first-order chi connectivity index (χ1) is 11.5. The molecule has 1 aliphatic rings. The third kappa shape index (κ3) is 4.95. The number of carbonyl (C=O) groups excluding carboxylic acids is 1. The van der Waals surface area contributed by atoms with Crippen LogP contribution in [0, 0.1) is 0 Å². The highest BCUT2D eigenvalue weighted by Gasteiger charge is 2.36.